The van der Waals surface area contributed by atoms with Crippen LogP contribution in [0.15, 0.2) is 40.9 Å². The SMILES string of the molecule is CCCCn1cc(CC)cc1-c1cc2ccc(OC(C)(N)CC(C)(C)O)cc2o1. The summed E-state index contributed by atoms with van der Waals surface area (Å²) in [5.74, 6) is 1.49. The Labute approximate surface area is 173 Å². The summed E-state index contributed by atoms with van der Waals surface area (Å²) < 4.78 is 14.4. The molecule has 2 aromatic heterocycles. The smallest absolute Gasteiger partial charge is 0.158 e. The zero-order valence-electron chi connectivity index (χ0n) is 18.3. The largest absolute Gasteiger partial charge is 0.473 e. The number of rotatable bonds is 9. The van der Waals surface area contributed by atoms with Crippen molar-refractivity contribution >= 4 is 11.0 Å². The Morgan fingerprint density at radius 1 is 1.14 bits per heavy atom. The zero-order chi connectivity index (χ0) is 21.2. The lowest BCUT2D eigenvalue weighted by molar-refractivity contribution is -0.0169. The van der Waals surface area contributed by atoms with Crippen molar-refractivity contribution < 1.29 is 14.3 Å². The number of nitrogens with zero attached hydrogens (tertiary/aromatic N) is 1. The van der Waals surface area contributed by atoms with Gasteiger partial charge in [0.05, 0.1) is 11.3 Å². The maximum absolute atomic E-state index is 10.1. The molecule has 3 rings (SSSR count). The van der Waals surface area contributed by atoms with E-state index in [2.05, 4.69) is 36.7 Å². The quantitative estimate of drug-likeness (QED) is 0.468. The number of fused-ring (bicyclic) bond motifs is 1. The summed E-state index contributed by atoms with van der Waals surface area (Å²) >= 11 is 0. The number of aliphatic hydroxyl groups is 1. The molecule has 158 valence electrons. The van der Waals surface area contributed by atoms with Crippen LogP contribution >= 0.6 is 0 Å². The monoisotopic (exact) mass is 398 g/mol. The minimum Gasteiger partial charge on any atom is -0.473 e. The second-order valence-electron chi connectivity index (χ2n) is 8.85. The molecule has 5 heteroatoms. The number of furan rings is 1. The minimum atomic E-state index is -0.980. The number of unbranched alkanes of at least 4 members (excludes halogenated alkanes) is 1. The first-order valence-electron chi connectivity index (χ1n) is 10.5. The molecule has 0 spiro atoms. The Morgan fingerprint density at radius 2 is 1.90 bits per heavy atom. The summed E-state index contributed by atoms with van der Waals surface area (Å²) in [4.78, 5) is 0. The molecule has 5 nitrogen and oxygen atoms in total. The van der Waals surface area contributed by atoms with Crippen LogP contribution in [0.3, 0.4) is 0 Å². The molecule has 0 aliphatic heterocycles. The summed E-state index contributed by atoms with van der Waals surface area (Å²) in [5.41, 5.74) is 7.54. The van der Waals surface area contributed by atoms with Crippen LogP contribution in [-0.4, -0.2) is 21.0 Å². The number of hydrogen-bond acceptors (Lipinski definition) is 4. The summed E-state index contributed by atoms with van der Waals surface area (Å²) in [6, 6.07) is 10.0. The molecule has 0 bridgehead atoms. The maximum Gasteiger partial charge on any atom is 0.158 e. The maximum atomic E-state index is 10.1. The first kappa shape index (κ1) is 21.5. The second kappa shape index (κ2) is 8.25. The normalized spacial score (nSPS) is 14.3. The fourth-order valence-corrected chi connectivity index (χ4v) is 3.85. The van der Waals surface area contributed by atoms with E-state index in [1.165, 1.54) is 5.56 Å². The summed E-state index contributed by atoms with van der Waals surface area (Å²) in [6.45, 7) is 10.6. The van der Waals surface area contributed by atoms with Gasteiger partial charge in [0.2, 0.25) is 0 Å². The number of aryl methyl sites for hydroxylation is 2. The van der Waals surface area contributed by atoms with Crippen molar-refractivity contribution in [3.05, 3.63) is 42.1 Å². The molecule has 2 heterocycles. The van der Waals surface area contributed by atoms with Crippen LogP contribution in [0.5, 0.6) is 5.75 Å². The van der Waals surface area contributed by atoms with Gasteiger partial charge in [-0.3, -0.25) is 5.73 Å². The first-order chi connectivity index (χ1) is 13.6. The van der Waals surface area contributed by atoms with Crippen molar-refractivity contribution in [1.29, 1.82) is 0 Å². The van der Waals surface area contributed by atoms with Crippen LogP contribution in [0.2, 0.25) is 0 Å². The van der Waals surface area contributed by atoms with E-state index in [-0.39, 0.29) is 0 Å². The average Bonchev–Trinajstić information content (AvgIpc) is 3.20. The Balaban J connectivity index is 1.89. The van der Waals surface area contributed by atoms with E-state index in [4.69, 9.17) is 14.9 Å². The molecule has 0 saturated carbocycles. The van der Waals surface area contributed by atoms with Gasteiger partial charge >= 0.3 is 0 Å². The van der Waals surface area contributed by atoms with Gasteiger partial charge in [0, 0.05) is 30.6 Å². The van der Waals surface area contributed by atoms with Gasteiger partial charge in [-0.25, -0.2) is 0 Å². The lowest BCUT2D eigenvalue weighted by Crippen LogP contribution is -2.48. The molecule has 1 atom stereocenters. The number of hydrogen-bond donors (Lipinski definition) is 2. The molecule has 3 aromatic rings. The minimum absolute atomic E-state index is 0.312. The van der Waals surface area contributed by atoms with Crippen LogP contribution in [0.25, 0.3) is 22.4 Å². The van der Waals surface area contributed by atoms with Crippen LogP contribution in [0.4, 0.5) is 0 Å². The summed E-state index contributed by atoms with van der Waals surface area (Å²) in [7, 11) is 0. The van der Waals surface area contributed by atoms with Crippen molar-refractivity contribution in [2.45, 2.75) is 78.2 Å². The average molecular weight is 399 g/mol. The third kappa shape index (κ3) is 5.43. The van der Waals surface area contributed by atoms with E-state index in [1.54, 1.807) is 20.8 Å². The molecule has 0 amide bonds. The molecular formula is C24H34N2O3. The van der Waals surface area contributed by atoms with Crippen molar-refractivity contribution in [1.82, 2.24) is 4.57 Å². The van der Waals surface area contributed by atoms with E-state index < -0.39 is 11.3 Å². The van der Waals surface area contributed by atoms with Gasteiger partial charge in [0.15, 0.2) is 11.5 Å². The van der Waals surface area contributed by atoms with E-state index >= 15 is 0 Å². The van der Waals surface area contributed by atoms with E-state index in [9.17, 15) is 5.11 Å². The number of benzene rings is 1. The Morgan fingerprint density at radius 3 is 2.55 bits per heavy atom. The summed E-state index contributed by atoms with van der Waals surface area (Å²) in [5, 5.41) is 11.1. The van der Waals surface area contributed by atoms with Gasteiger partial charge in [0.25, 0.3) is 0 Å². The van der Waals surface area contributed by atoms with Gasteiger partial charge in [0.1, 0.15) is 11.3 Å². The second-order valence-corrected chi connectivity index (χ2v) is 8.85. The molecule has 0 fully saturated rings. The molecule has 0 radical (unpaired) electrons. The van der Waals surface area contributed by atoms with Crippen LogP contribution in [-0.2, 0) is 13.0 Å². The summed E-state index contributed by atoms with van der Waals surface area (Å²) in [6.07, 6.45) is 5.83. The number of ether oxygens (including phenoxy) is 1. The van der Waals surface area contributed by atoms with Crippen LogP contribution in [0, 0.1) is 0 Å². The highest BCUT2D eigenvalue weighted by Gasteiger charge is 2.29. The molecule has 0 saturated heterocycles. The fourth-order valence-electron chi connectivity index (χ4n) is 3.85. The third-order valence-electron chi connectivity index (χ3n) is 4.99. The molecule has 1 aromatic carbocycles. The van der Waals surface area contributed by atoms with Gasteiger partial charge in [-0.2, -0.15) is 0 Å². The highest BCUT2D eigenvalue weighted by atomic mass is 16.5. The fraction of sp³-hybridized carbons (Fsp3) is 0.500. The predicted octanol–water partition coefficient (Wildman–Crippen LogP) is 5.48. The Hall–Kier alpha value is -2.24. The highest BCUT2D eigenvalue weighted by molar-refractivity contribution is 5.83. The van der Waals surface area contributed by atoms with Crippen molar-refractivity contribution in [3.8, 4) is 17.2 Å². The third-order valence-corrected chi connectivity index (χ3v) is 4.99. The predicted molar refractivity (Wildman–Crippen MR) is 118 cm³/mol. The van der Waals surface area contributed by atoms with Crippen molar-refractivity contribution in [2.75, 3.05) is 0 Å². The van der Waals surface area contributed by atoms with Crippen molar-refractivity contribution in [3.63, 3.8) is 0 Å². The molecule has 29 heavy (non-hydrogen) atoms. The van der Waals surface area contributed by atoms with Crippen molar-refractivity contribution in [2.24, 2.45) is 5.73 Å². The molecule has 0 aliphatic rings. The molecule has 3 N–H and O–H groups in total. The van der Waals surface area contributed by atoms with Gasteiger partial charge < -0.3 is 18.8 Å². The zero-order valence-corrected chi connectivity index (χ0v) is 18.3. The van der Waals surface area contributed by atoms with Gasteiger partial charge in [-0.1, -0.05) is 20.3 Å². The van der Waals surface area contributed by atoms with E-state index in [1.807, 2.05) is 18.2 Å². The lowest BCUT2D eigenvalue weighted by atomic mass is 9.98. The van der Waals surface area contributed by atoms with Crippen LogP contribution in [0.1, 0.15) is 59.4 Å². The van der Waals surface area contributed by atoms with Gasteiger partial charge in [-0.05, 0) is 63.4 Å². The number of aromatic nitrogens is 1. The first-order valence-corrected chi connectivity index (χ1v) is 10.5. The molecule has 1 unspecified atom stereocenters. The Bertz CT molecular complexity index is 960. The highest BCUT2D eigenvalue weighted by Crippen LogP contribution is 2.33. The van der Waals surface area contributed by atoms with Gasteiger partial charge in [-0.15, -0.1) is 0 Å². The molecule has 0 aliphatic carbocycles. The lowest BCUT2D eigenvalue weighted by Gasteiger charge is -2.31. The van der Waals surface area contributed by atoms with E-state index in [0.717, 1.165) is 48.2 Å². The topological polar surface area (TPSA) is 73.5 Å². The Kier molecular flexibility index (Phi) is 6.11. The number of nitrogens with two attached hydrogens (primary N) is 1. The van der Waals surface area contributed by atoms with Crippen LogP contribution < -0.4 is 10.5 Å². The molecular weight excluding hydrogens is 364 g/mol. The van der Waals surface area contributed by atoms with E-state index in [0.29, 0.717) is 12.2 Å². The standard InChI is InChI=1S/C24H34N2O3/c1-6-8-11-26-15-17(7-2)12-20(26)22-13-18-9-10-19(14-21(18)28-22)29-24(5,25)16-23(3,4)27/h9-10,12-15,27H,6-8,11,16,25H2,1-5H3.